The molecule has 0 atom stereocenters. The lowest BCUT2D eigenvalue weighted by Crippen LogP contribution is -2.58. The van der Waals surface area contributed by atoms with Gasteiger partial charge in [-0.15, -0.1) is 0 Å². The molecule has 0 radical (unpaired) electrons. The highest BCUT2D eigenvalue weighted by Gasteiger charge is 2.47. The number of rotatable bonds is 4. The van der Waals surface area contributed by atoms with Crippen molar-refractivity contribution >= 4 is 5.69 Å². The van der Waals surface area contributed by atoms with Crippen LogP contribution in [0.3, 0.4) is 0 Å². The van der Waals surface area contributed by atoms with Gasteiger partial charge in [0.15, 0.2) is 17.5 Å². The van der Waals surface area contributed by atoms with Crippen LogP contribution in [0.1, 0.15) is 32.1 Å². The predicted octanol–water partition coefficient (Wildman–Crippen LogP) is 6.64. The van der Waals surface area contributed by atoms with Crippen molar-refractivity contribution < 1.29 is 0 Å². The lowest BCUT2D eigenvalue weighted by molar-refractivity contribution is 0.0901. The third-order valence-corrected chi connectivity index (χ3v) is 8.00. The maximum atomic E-state index is 5.02. The molecule has 168 valence electrons. The van der Waals surface area contributed by atoms with Gasteiger partial charge >= 0.3 is 0 Å². The van der Waals surface area contributed by atoms with Crippen molar-refractivity contribution in [3.8, 4) is 34.2 Å². The fourth-order valence-corrected chi connectivity index (χ4v) is 6.74. The first-order chi connectivity index (χ1) is 16.8. The third kappa shape index (κ3) is 3.40. The van der Waals surface area contributed by atoms with Crippen LogP contribution in [0.4, 0.5) is 5.69 Å². The second-order valence-corrected chi connectivity index (χ2v) is 10.2. The van der Waals surface area contributed by atoms with E-state index in [0.29, 0.717) is 12.1 Å². The van der Waals surface area contributed by atoms with E-state index in [1.54, 1.807) is 0 Å². The average molecular weight is 445 g/mol. The summed E-state index contributed by atoms with van der Waals surface area (Å²) in [6.07, 6.45) is 6.80. The second-order valence-electron chi connectivity index (χ2n) is 10.2. The highest BCUT2D eigenvalue weighted by Crippen LogP contribution is 2.51. The van der Waals surface area contributed by atoms with Crippen molar-refractivity contribution in [1.82, 2.24) is 15.0 Å². The van der Waals surface area contributed by atoms with E-state index >= 15 is 0 Å². The number of anilines is 1. The second kappa shape index (κ2) is 8.05. The molecule has 2 saturated carbocycles. The smallest absolute Gasteiger partial charge is 0.166 e. The first-order valence-corrected chi connectivity index (χ1v) is 12.6. The minimum absolute atomic E-state index is 0.654. The molecule has 8 rings (SSSR count). The summed E-state index contributed by atoms with van der Waals surface area (Å²) in [6.45, 7) is 0. The Kier molecular flexibility index (Phi) is 4.71. The molecule has 34 heavy (non-hydrogen) atoms. The highest BCUT2D eigenvalue weighted by molar-refractivity contribution is 5.77. The summed E-state index contributed by atoms with van der Waals surface area (Å²) in [5.74, 6) is 4.06. The minimum Gasteiger partial charge on any atom is -0.365 e. The summed E-state index contributed by atoms with van der Waals surface area (Å²) >= 11 is 0. The molecule has 0 unspecified atom stereocenters. The molecule has 0 N–H and O–H groups in total. The van der Waals surface area contributed by atoms with E-state index in [-0.39, 0.29) is 0 Å². The van der Waals surface area contributed by atoms with E-state index in [2.05, 4.69) is 53.4 Å². The Labute approximate surface area is 200 Å². The van der Waals surface area contributed by atoms with Gasteiger partial charge in [-0.1, -0.05) is 72.8 Å². The summed E-state index contributed by atoms with van der Waals surface area (Å²) in [7, 11) is 0. The molecule has 2 aliphatic heterocycles. The predicted molar refractivity (Wildman–Crippen MR) is 136 cm³/mol. The van der Waals surface area contributed by atoms with Crippen LogP contribution >= 0.6 is 0 Å². The Morgan fingerprint density at radius 2 is 0.971 bits per heavy atom. The van der Waals surface area contributed by atoms with E-state index in [9.17, 15) is 0 Å². The highest BCUT2D eigenvalue weighted by atomic mass is 15.2. The first-order valence-electron chi connectivity index (χ1n) is 12.6. The van der Waals surface area contributed by atoms with Gasteiger partial charge in [-0.2, -0.15) is 0 Å². The van der Waals surface area contributed by atoms with Crippen molar-refractivity contribution in [3.63, 3.8) is 0 Å². The standard InChI is InChI=1S/C30H28N4/c1-3-9-22(10-4-1)28-31-29(23-11-5-2-6-12-23)33-30(32-28)26-13-7-8-14-27(26)34-24-16-20-15-21(18-24)19-25(34)17-20/h1-14,20-21,24-25H,15-19H2. The van der Waals surface area contributed by atoms with E-state index < -0.39 is 0 Å². The zero-order chi connectivity index (χ0) is 22.5. The zero-order valence-electron chi connectivity index (χ0n) is 19.2. The molecule has 2 saturated heterocycles. The number of piperidine rings is 2. The van der Waals surface area contributed by atoms with Gasteiger partial charge in [0.05, 0.1) is 0 Å². The Morgan fingerprint density at radius 1 is 0.500 bits per heavy atom. The molecule has 3 aromatic carbocycles. The molecule has 2 aliphatic carbocycles. The van der Waals surface area contributed by atoms with Crippen molar-refractivity contribution in [3.05, 3.63) is 84.9 Å². The number of benzene rings is 3. The maximum absolute atomic E-state index is 5.02. The quantitative estimate of drug-likeness (QED) is 0.354. The van der Waals surface area contributed by atoms with Crippen molar-refractivity contribution in [2.45, 2.75) is 44.2 Å². The molecule has 0 spiro atoms. The molecule has 0 amide bonds. The Balaban J connectivity index is 1.38. The van der Waals surface area contributed by atoms with E-state index in [4.69, 9.17) is 15.0 Å². The van der Waals surface area contributed by atoms with E-state index in [1.807, 2.05) is 36.4 Å². The third-order valence-electron chi connectivity index (χ3n) is 8.00. The van der Waals surface area contributed by atoms with Crippen LogP contribution in [0.25, 0.3) is 34.2 Å². The Bertz CT molecular complexity index is 1230. The van der Waals surface area contributed by atoms with Crippen molar-refractivity contribution in [2.24, 2.45) is 11.8 Å². The first kappa shape index (κ1) is 19.9. The average Bonchev–Trinajstić information content (AvgIpc) is 2.89. The monoisotopic (exact) mass is 444 g/mol. The van der Waals surface area contributed by atoms with Crippen LogP contribution in [-0.2, 0) is 0 Å². The van der Waals surface area contributed by atoms with Crippen LogP contribution in [0.5, 0.6) is 0 Å². The van der Waals surface area contributed by atoms with Crippen molar-refractivity contribution in [1.29, 1.82) is 0 Å². The molecule has 1 aromatic heterocycles. The van der Waals surface area contributed by atoms with Crippen LogP contribution < -0.4 is 4.90 Å². The SMILES string of the molecule is c1ccc(-c2nc(-c3ccccc3)nc(-c3ccccc3N3C4CC5CC(C4)CC3C5)n2)cc1. The molecular formula is C30H28N4. The van der Waals surface area contributed by atoms with Crippen LogP contribution in [-0.4, -0.2) is 27.0 Å². The topological polar surface area (TPSA) is 41.9 Å². The summed E-state index contributed by atoms with van der Waals surface area (Å²) < 4.78 is 0. The minimum atomic E-state index is 0.654. The summed E-state index contributed by atoms with van der Waals surface area (Å²) in [5, 5.41) is 0. The number of aromatic nitrogens is 3. The zero-order valence-corrected chi connectivity index (χ0v) is 19.2. The fraction of sp³-hybridized carbons (Fsp3) is 0.300. The van der Waals surface area contributed by atoms with Crippen LogP contribution in [0, 0.1) is 11.8 Å². The molecular weight excluding hydrogens is 416 g/mol. The molecule has 4 heteroatoms. The maximum Gasteiger partial charge on any atom is 0.166 e. The largest absolute Gasteiger partial charge is 0.365 e. The van der Waals surface area contributed by atoms with Gasteiger partial charge in [0.25, 0.3) is 0 Å². The Morgan fingerprint density at radius 3 is 1.53 bits per heavy atom. The van der Waals surface area contributed by atoms with Gasteiger partial charge in [0, 0.05) is 34.5 Å². The lowest BCUT2D eigenvalue weighted by atomic mass is 9.63. The lowest BCUT2D eigenvalue weighted by Gasteiger charge is -2.57. The number of para-hydroxylation sites is 1. The Hall–Kier alpha value is -3.53. The fourth-order valence-electron chi connectivity index (χ4n) is 6.74. The van der Waals surface area contributed by atoms with Gasteiger partial charge < -0.3 is 4.90 Å². The summed E-state index contributed by atoms with van der Waals surface area (Å²) in [6, 6.07) is 30.6. The van der Waals surface area contributed by atoms with Gasteiger partial charge in [0.1, 0.15) is 0 Å². The van der Waals surface area contributed by atoms with Gasteiger partial charge in [0.2, 0.25) is 0 Å². The molecule has 4 fully saturated rings. The van der Waals surface area contributed by atoms with Crippen molar-refractivity contribution in [2.75, 3.05) is 4.90 Å². The molecule has 4 aliphatic rings. The number of hydrogen-bond acceptors (Lipinski definition) is 4. The van der Waals surface area contributed by atoms with Gasteiger partial charge in [-0.05, 0) is 56.1 Å². The molecule has 3 heterocycles. The van der Waals surface area contributed by atoms with Gasteiger partial charge in [-0.25, -0.2) is 15.0 Å². The van der Waals surface area contributed by atoms with E-state index in [1.165, 1.54) is 37.8 Å². The molecule has 4 bridgehead atoms. The normalized spacial score (nSPS) is 25.0. The summed E-state index contributed by atoms with van der Waals surface area (Å²) in [5.41, 5.74) is 4.43. The molecule has 4 aromatic rings. The number of hydrogen-bond donors (Lipinski definition) is 0. The summed E-state index contributed by atoms with van der Waals surface area (Å²) in [4.78, 5) is 17.7. The number of nitrogens with zero attached hydrogens (tertiary/aromatic N) is 4. The van der Waals surface area contributed by atoms with Crippen LogP contribution in [0.15, 0.2) is 84.9 Å². The van der Waals surface area contributed by atoms with E-state index in [0.717, 1.165) is 46.0 Å². The molecule has 4 nitrogen and oxygen atoms in total. The van der Waals surface area contributed by atoms with Gasteiger partial charge in [-0.3, -0.25) is 0 Å². The van der Waals surface area contributed by atoms with Crippen LogP contribution in [0.2, 0.25) is 0 Å².